The van der Waals surface area contributed by atoms with E-state index in [1.807, 2.05) is 18.2 Å². The Labute approximate surface area is 171 Å². The predicted octanol–water partition coefficient (Wildman–Crippen LogP) is 6.90. The molecule has 156 valence electrons. The van der Waals surface area contributed by atoms with Gasteiger partial charge in [0, 0.05) is 18.1 Å². The molecular weight excluding hydrogens is 384 g/mol. The van der Waals surface area contributed by atoms with Gasteiger partial charge in [-0.2, -0.15) is 0 Å². The monoisotopic (exact) mass is 426 g/mol. The van der Waals surface area contributed by atoms with E-state index in [2.05, 4.69) is 61.3 Å². The van der Waals surface area contributed by atoms with Crippen LogP contribution in [0.15, 0.2) is 38.0 Å². The van der Waals surface area contributed by atoms with Gasteiger partial charge in [0.15, 0.2) is 0 Å². The normalized spacial score (nSPS) is 31.4. The van der Waals surface area contributed by atoms with Crippen LogP contribution in [-0.4, -0.2) is 25.7 Å². The third-order valence-electron chi connectivity index (χ3n) is 4.64. The molecule has 1 heterocycles. The van der Waals surface area contributed by atoms with E-state index in [9.17, 15) is 0 Å². The highest BCUT2D eigenvalue weighted by Gasteiger charge is 2.61. The summed E-state index contributed by atoms with van der Waals surface area (Å²) in [6.07, 6.45) is 6.01. The van der Waals surface area contributed by atoms with Crippen molar-refractivity contribution in [3.63, 3.8) is 0 Å². The van der Waals surface area contributed by atoms with Gasteiger partial charge in [-0.15, -0.1) is 19.7 Å². The standard InChI is InChI=1S/C21H42O3Si3/c1-10-13-25(16-19(4)5)22-26(14-11-2,17-20(6)7)24-27(23-25,15-12-3)18-21(8)9/h10-12,19-21H,1-3,13-18H2,4-9H3. The Morgan fingerprint density at radius 3 is 0.926 bits per heavy atom. The first-order chi connectivity index (χ1) is 12.6. The second kappa shape index (κ2) is 10.5. The molecule has 0 aromatic carbocycles. The molecule has 1 fully saturated rings. The molecule has 27 heavy (non-hydrogen) atoms. The fraction of sp³-hybridized carbons (Fsp3) is 0.714. The Hall–Kier alpha value is -0.249. The molecule has 1 saturated heterocycles. The summed E-state index contributed by atoms with van der Waals surface area (Å²) in [5, 5.41) is 0. The van der Waals surface area contributed by atoms with Crippen molar-refractivity contribution in [2.45, 2.75) is 77.8 Å². The summed E-state index contributed by atoms with van der Waals surface area (Å²) in [6, 6.07) is 5.50. The van der Waals surface area contributed by atoms with Gasteiger partial charge in [-0.1, -0.05) is 59.8 Å². The molecular formula is C21H42O3Si3. The minimum Gasteiger partial charge on any atom is -0.415 e. The zero-order valence-electron chi connectivity index (χ0n) is 18.6. The molecule has 0 spiro atoms. The van der Waals surface area contributed by atoms with E-state index in [4.69, 9.17) is 12.3 Å². The van der Waals surface area contributed by atoms with Crippen molar-refractivity contribution in [2.75, 3.05) is 0 Å². The molecule has 1 aliphatic heterocycles. The van der Waals surface area contributed by atoms with Gasteiger partial charge in [-0.05, 0) is 35.9 Å². The molecule has 0 bridgehead atoms. The van der Waals surface area contributed by atoms with Gasteiger partial charge in [0.25, 0.3) is 0 Å². The summed E-state index contributed by atoms with van der Waals surface area (Å²) in [7, 11) is -7.32. The first kappa shape index (κ1) is 24.8. The molecule has 0 radical (unpaired) electrons. The average Bonchev–Trinajstić information content (AvgIpc) is 2.43. The summed E-state index contributed by atoms with van der Waals surface area (Å²) in [5.41, 5.74) is 0. The van der Waals surface area contributed by atoms with Gasteiger partial charge in [-0.25, -0.2) is 0 Å². The van der Waals surface area contributed by atoms with Gasteiger partial charge in [-0.3, -0.25) is 0 Å². The molecule has 0 N–H and O–H groups in total. The highest BCUT2D eigenvalue weighted by atomic mass is 28.5. The van der Waals surface area contributed by atoms with Crippen LogP contribution in [0.25, 0.3) is 0 Å². The lowest BCUT2D eigenvalue weighted by Crippen LogP contribution is -2.70. The van der Waals surface area contributed by atoms with Crippen LogP contribution in [0.3, 0.4) is 0 Å². The minimum atomic E-state index is -2.44. The van der Waals surface area contributed by atoms with Crippen molar-refractivity contribution in [3.05, 3.63) is 38.0 Å². The van der Waals surface area contributed by atoms with E-state index in [1.54, 1.807) is 0 Å². The van der Waals surface area contributed by atoms with Gasteiger partial charge >= 0.3 is 25.7 Å². The van der Waals surface area contributed by atoms with Crippen molar-refractivity contribution >= 4 is 25.7 Å². The summed E-state index contributed by atoms with van der Waals surface area (Å²) in [4.78, 5) is 0. The molecule has 3 nitrogen and oxygen atoms in total. The fourth-order valence-corrected chi connectivity index (χ4v) is 23.7. The third kappa shape index (κ3) is 7.25. The summed E-state index contributed by atoms with van der Waals surface area (Å²) in [5.74, 6) is 1.58. The zero-order chi connectivity index (χ0) is 20.7. The second-order valence-electron chi connectivity index (χ2n) is 9.31. The van der Waals surface area contributed by atoms with Crippen LogP contribution >= 0.6 is 0 Å². The smallest absolute Gasteiger partial charge is 0.324 e. The lowest BCUT2D eigenvalue weighted by Gasteiger charge is -2.54. The van der Waals surface area contributed by atoms with E-state index in [1.165, 1.54) is 0 Å². The Kier molecular flexibility index (Phi) is 9.64. The fourth-order valence-electron chi connectivity index (χ4n) is 4.36. The lowest BCUT2D eigenvalue weighted by molar-refractivity contribution is 0.204. The predicted molar refractivity (Wildman–Crippen MR) is 124 cm³/mol. The first-order valence-corrected chi connectivity index (χ1v) is 17.2. The molecule has 0 aromatic heterocycles. The Balaban J connectivity index is 3.52. The SMILES string of the molecule is C=CC[Si]1(CC(C)C)O[Si](CC=C)(CC(C)C)O[Si](CC=C)(CC(C)C)O1. The van der Waals surface area contributed by atoms with Crippen LogP contribution in [0.1, 0.15) is 41.5 Å². The topological polar surface area (TPSA) is 27.7 Å². The highest BCUT2D eigenvalue weighted by Crippen LogP contribution is 2.45. The minimum absolute atomic E-state index is 0.527. The van der Waals surface area contributed by atoms with Crippen LogP contribution in [0.4, 0.5) is 0 Å². The molecule has 0 atom stereocenters. The molecule has 1 rings (SSSR count). The Morgan fingerprint density at radius 2 is 0.778 bits per heavy atom. The van der Waals surface area contributed by atoms with E-state index in [0.29, 0.717) is 17.8 Å². The quantitative estimate of drug-likeness (QED) is 0.251. The molecule has 0 saturated carbocycles. The van der Waals surface area contributed by atoms with Crippen LogP contribution in [-0.2, 0) is 12.3 Å². The Bertz CT molecular complexity index is 426. The Morgan fingerprint density at radius 1 is 0.556 bits per heavy atom. The molecule has 6 heteroatoms. The third-order valence-corrected chi connectivity index (χ3v) is 20.6. The van der Waals surface area contributed by atoms with Crippen LogP contribution in [0.2, 0.25) is 36.3 Å². The van der Waals surface area contributed by atoms with Crippen LogP contribution < -0.4 is 0 Å². The first-order valence-electron chi connectivity index (χ1n) is 10.5. The highest BCUT2D eigenvalue weighted by molar-refractivity contribution is 6.95. The number of hydrogen-bond donors (Lipinski definition) is 0. The number of hydrogen-bond acceptors (Lipinski definition) is 3. The van der Waals surface area contributed by atoms with Crippen molar-refractivity contribution in [1.29, 1.82) is 0 Å². The summed E-state index contributed by atoms with van der Waals surface area (Å²) < 4.78 is 21.1. The molecule has 0 amide bonds. The van der Waals surface area contributed by atoms with E-state index >= 15 is 0 Å². The molecule has 1 aliphatic rings. The van der Waals surface area contributed by atoms with Gasteiger partial charge in [0.05, 0.1) is 0 Å². The molecule has 0 aliphatic carbocycles. The largest absolute Gasteiger partial charge is 0.415 e. The number of rotatable bonds is 12. The number of allylic oxidation sites excluding steroid dienone is 3. The van der Waals surface area contributed by atoms with Crippen molar-refractivity contribution in [2.24, 2.45) is 17.8 Å². The van der Waals surface area contributed by atoms with Crippen LogP contribution in [0.5, 0.6) is 0 Å². The van der Waals surface area contributed by atoms with Gasteiger partial charge in [0.2, 0.25) is 0 Å². The van der Waals surface area contributed by atoms with E-state index in [0.717, 1.165) is 36.3 Å². The van der Waals surface area contributed by atoms with E-state index < -0.39 is 25.7 Å². The van der Waals surface area contributed by atoms with Crippen molar-refractivity contribution in [3.8, 4) is 0 Å². The summed E-state index contributed by atoms with van der Waals surface area (Å²) in [6.45, 7) is 25.7. The van der Waals surface area contributed by atoms with Crippen LogP contribution in [0, 0.1) is 17.8 Å². The van der Waals surface area contributed by atoms with Crippen molar-refractivity contribution < 1.29 is 12.3 Å². The van der Waals surface area contributed by atoms with E-state index in [-0.39, 0.29) is 0 Å². The zero-order valence-corrected chi connectivity index (χ0v) is 21.6. The maximum atomic E-state index is 7.04. The summed E-state index contributed by atoms with van der Waals surface area (Å²) >= 11 is 0. The average molecular weight is 427 g/mol. The van der Waals surface area contributed by atoms with Gasteiger partial charge in [0.1, 0.15) is 0 Å². The van der Waals surface area contributed by atoms with Gasteiger partial charge < -0.3 is 12.3 Å². The maximum absolute atomic E-state index is 7.04. The lowest BCUT2D eigenvalue weighted by atomic mass is 10.3. The van der Waals surface area contributed by atoms with Crippen molar-refractivity contribution in [1.82, 2.24) is 0 Å². The second-order valence-corrected chi connectivity index (χ2v) is 19.7. The molecule has 0 aromatic rings. The molecule has 0 unspecified atom stereocenters. The maximum Gasteiger partial charge on any atom is 0.324 e.